The minimum absolute atomic E-state index is 0.104. The normalized spacial score (nSPS) is 11.5. The molecule has 2 N–H and O–H groups in total. The van der Waals surface area contributed by atoms with Crippen molar-refractivity contribution in [3.05, 3.63) is 58.6 Å². The first-order valence-corrected chi connectivity index (χ1v) is 7.77. The average Bonchev–Trinajstić information content (AvgIpc) is 2.54. The number of rotatable bonds is 5. The first-order chi connectivity index (χ1) is 11.8. The number of ether oxygens (including phenoxy) is 1. The number of benzene rings is 2. The molecule has 0 radical (unpaired) electrons. The summed E-state index contributed by atoms with van der Waals surface area (Å²) < 4.78 is 5.05. The second-order valence-electron chi connectivity index (χ2n) is 5.30. The van der Waals surface area contributed by atoms with E-state index in [0.717, 1.165) is 0 Å². The number of para-hydroxylation sites is 1. The fourth-order valence-corrected chi connectivity index (χ4v) is 2.25. The number of halogens is 1. The second kappa shape index (κ2) is 7.81. The van der Waals surface area contributed by atoms with E-state index in [2.05, 4.69) is 5.32 Å². The Balaban J connectivity index is 2.08. The van der Waals surface area contributed by atoms with Crippen LogP contribution in [0.1, 0.15) is 34.6 Å². The highest BCUT2D eigenvalue weighted by Gasteiger charge is 2.22. The van der Waals surface area contributed by atoms with E-state index < -0.39 is 18.0 Å². The first kappa shape index (κ1) is 18.5. The summed E-state index contributed by atoms with van der Waals surface area (Å²) in [6.07, 6.45) is -1.14. The van der Waals surface area contributed by atoms with Crippen LogP contribution in [0.3, 0.4) is 0 Å². The molecule has 0 unspecified atom stereocenters. The Morgan fingerprint density at radius 3 is 2.44 bits per heavy atom. The molecule has 0 bridgehead atoms. The Kier molecular flexibility index (Phi) is 5.77. The Labute approximate surface area is 149 Å². The van der Waals surface area contributed by atoms with Crippen molar-refractivity contribution >= 4 is 34.9 Å². The number of anilines is 1. The number of nitrogens with one attached hydrogen (secondary N) is 1. The van der Waals surface area contributed by atoms with Gasteiger partial charge in [-0.2, -0.15) is 0 Å². The molecule has 2 aromatic rings. The third-order valence-corrected chi connectivity index (χ3v) is 3.63. The van der Waals surface area contributed by atoms with E-state index in [1.54, 1.807) is 24.3 Å². The van der Waals surface area contributed by atoms with Crippen LogP contribution in [0.2, 0.25) is 5.02 Å². The second-order valence-corrected chi connectivity index (χ2v) is 5.74. The van der Waals surface area contributed by atoms with Gasteiger partial charge in [-0.1, -0.05) is 23.7 Å². The number of esters is 1. The molecule has 0 saturated carbocycles. The van der Waals surface area contributed by atoms with Crippen LogP contribution < -0.4 is 5.32 Å². The van der Waals surface area contributed by atoms with E-state index in [0.29, 0.717) is 11.3 Å². The minimum Gasteiger partial charge on any atom is -0.507 e. The van der Waals surface area contributed by atoms with E-state index >= 15 is 0 Å². The molecular formula is C18H16ClNO5. The molecule has 0 spiro atoms. The minimum atomic E-state index is -1.14. The van der Waals surface area contributed by atoms with E-state index in [9.17, 15) is 19.5 Å². The van der Waals surface area contributed by atoms with Crippen molar-refractivity contribution in [1.29, 1.82) is 0 Å². The third-order valence-electron chi connectivity index (χ3n) is 3.40. The van der Waals surface area contributed by atoms with Crippen molar-refractivity contribution in [3.63, 3.8) is 0 Å². The average molecular weight is 362 g/mol. The number of hydrogen-bond acceptors (Lipinski definition) is 5. The van der Waals surface area contributed by atoms with Gasteiger partial charge in [0.2, 0.25) is 0 Å². The summed E-state index contributed by atoms with van der Waals surface area (Å²) >= 11 is 5.70. The first-order valence-electron chi connectivity index (χ1n) is 7.40. The highest BCUT2D eigenvalue weighted by Crippen LogP contribution is 2.23. The van der Waals surface area contributed by atoms with Crippen molar-refractivity contribution in [2.45, 2.75) is 20.0 Å². The Hall–Kier alpha value is -2.86. The number of phenolic OH excluding ortho intramolecular Hbond substituents is 1. The van der Waals surface area contributed by atoms with Crippen LogP contribution in [0.25, 0.3) is 0 Å². The Morgan fingerprint density at radius 2 is 1.80 bits per heavy atom. The van der Waals surface area contributed by atoms with Gasteiger partial charge in [0, 0.05) is 10.6 Å². The van der Waals surface area contributed by atoms with Crippen molar-refractivity contribution in [2.24, 2.45) is 0 Å². The maximum absolute atomic E-state index is 12.2. The van der Waals surface area contributed by atoms with E-state index in [1.165, 1.54) is 32.0 Å². The lowest BCUT2D eigenvalue weighted by Crippen LogP contribution is -2.30. The van der Waals surface area contributed by atoms with Crippen LogP contribution >= 0.6 is 11.6 Å². The molecule has 7 heteroatoms. The van der Waals surface area contributed by atoms with E-state index in [-0.39, 0.29) is 22.1 Å². The molecule has 0 fully saturated rings. The number of hydrogen-bond donors (Lipinski definition) is 2. The number of carbonyl (C=O) groups is 3. The largest absolute Gasteiger partial charge is 0.507 e. The van der Waals surface area contributed by atoms with Crippen molar-refractivity contribution in [2.75, 3.05) is 5.32 Å². The van der Waals surface area contributed by atoms with Crippen LogP contribution in [0.15, 0.2) is 42.5 Å². The van der Waals surface area contributed by atoms with Gasteiger partial charge in [-0.15, -0.1) is 0 Å². The zero-order chi connectivity index (χ0) is 18.6. The van der Waals surface area contributed by atoms with E-state index in [1.807, 2.05) is 0 Å². The zero-order valence-electron chi connectivity index (χ0n) is 13.6. The fraction of sp³-hybridized carbons (Fsp3) is 0.167. The van der Waals surface area contributed by atoms with Gasteiger partial charge in [-0.3, -0.25) is 9.59 Å². The van der Waals surface area contributed by atoms with Crippen molar-refractivity contribution in [1.82, 2.24) is 0 Å². The molecule has 0 saturated heterocycles. The lowest BCUT2D eigenvalue weighted by Gasteiger charge is -2.15. The van der Waals surface area contributed by atoms with Gasteiger partial charge in [0.15, 0.2) is 11.9 Å². The number of aromatic hydroxyl groups is 1. The summed E-state index contributed by atoms with van der Waals surface area (Å²) in [6.45, 7) is 2.77. The topological polar surface area (TPSA) is 92.7 Å². The number of Topliss-reactive ketones (excluding diaryl/α,β-unsaturated/α-hetero) is 1. The summed E-state index contributed by atoms with van der Waals surface area (Å²) in [4.78, 5) is 35.8. The monoisotopic (exact) mass is 361 g/mol. The van der Waals surface area contributed by atoms with Crippen molar-refractivity contribution < 1.29 is 24.2 Å². The van der Waals surface area contributed by atoms with Crippen LogP contribution in [-0.2, 0) is 9.53 Å². The molecule has 0 aliphatic rings. The Bertz CT molecular complexity index is 834. The molecular weight excluding hydrogens is 346 g/mol. The smallest absolute Gasteiger partial charge is 0.342 e. The van der Waals surface area contributed by atoms with Gasteiger partial charge < -0.3 is 15.2 Å². The summed E-state index contributed by atoms with van der Waals surface area (Å²) in [6, 6.07) is 10.4. The lowest BCUT2D eigenvalue weighted by molar-refractivity contribution is -0.123. The maximum Gasteiger partial charge on any atom is 0.342 e. The van der Waals surface area contributed by atoms with Crippen LogP contribution in [-0.4, -0.2) is 28.9 Å². The van der Waals surface area contributed by atoms with Gasteiger partial charge in [-0.25, -0.2) is 4.79 Å². The van der Waals surface area contributed by atoms with Gasteiger partial charge in [0.25, 0.3) is 5.91 Å². The molecule has 130 valence electrons. The molecule has 0 aliphatic heterocycles. The maximum atomic E-state index is 12.2. The van der Waals surface area contributed by atoms with Gasteiger partial charge in [0.05, 0.1) is 5.69 Å². The lowest BCUT2D eigenvalue weighted by atomic mass is 10.1. The van der Waals surface area contributed by atoms with Gasteiger partial charge in [0.1, 0.15) is 11.3 Å². The molecule has 25 heavy (non-hydrogen) atoms. The molecule has 2 rings (SSSR count). The van der Waals surface area contributed by atoms with Gasteiger partial charge in [-0.05, 0) is 44.2 Å². The summed E-state index contributed by atoms with van der Waals surface area (Å²) in [5, 5.41) is 12.5. The molecule has 6 nitrogen and oxygen atoms in total. The van der Waals surface area contributed by atoms with E-state index in [4.69, 9.17) is 16.3 Å². The number of carbonyl (C=O) groups excluding carboxylic acids is 3. The van der Waals surface area contributed by atoms with Gasteiger partial charge >= 0.3 is 5.97 Å². The predicted octanol–water partition coefficient (Wildman–Crippen LogP) is 3.43. The molecule has 0 aromatic heterocycles. The fourth-order valence-electron chi connectivity index (χ4n) is 2.09. The summed E-state index contributed by atoms with van der Waals surface area (Å²) in [7, 11) is 0. The van der Waals surface area contributed by atoms with Crippen LogP contribution in [0, 0.1) is 0 Å². The zero-order valence-corrected chi connectivity index (χ0v) is 14.3. The predicted molar refractivity (Wildman–Crippen MR) is 93.1 cm³/mol. The third kappa shape index (κ3) is 4.58. The molecule has 1 amide bonds. The van der Waals surface area contributed by atoms with Crippen LogP contribution in [0.5, 0.6) is 5.75 Å². The summed E-state index contributed by atoms with van der Waals surface area (Å²) in [5.41, 5.74) is 0.579. The molecule has 0 heterocycles. The number of ketones is 1. The van der Waals surface area contributed by atoms with Crippen LogP contribution in [0.4, 0.5) is 5.69 Å². The highest BCUT2D eigenvalue weighted by molar-refractivity contribution is 6.30. The SMILES string of the molecule is CC(=O)c1ccccc1NC(=O)[C@@H](C)OC(=O)c1ccc(Cl)cc1O. The summed E-state index contributed by atoms with van der Waals surface area (Å²) in [5.74, 6) is -2.01. The Morgan fingerprint density at radius 1 is 1.12 bits per heavy atom. The standard InChI is InChI=1S/C18H16ClNO5/c1-10(21)13-5-3-4-6-15(13)20-17(23)11(2)25-18(24)14-8-7-12(19)9-16(14)22/h3-9,11,22H,1-2H3,(H,20,23)/t11-/m1/s1. The quantitative estimate of drug-likeness (QED) is 0.628. The number of amides is 1. The molecule has 1 atom stereocenters. The molecule has 2 aromatic carbocycles. The molecule has 0 aliphatic carbocycles. The number of phenols is 1. The highest BCUT2D eigenvalue weighted by atomic mass is 35.5. The van der Waals surface area contributed by atoms with Crippen molar-refractivity contribution in [3.8, 4) is 5.75 Å².